The molecule has 2 aromatic rings. The summed E-state index contributed by atoms with van der Waals surface area (Å²) in [7, 11) is 1.49. The molecule has 1 aromatic heterocycles. The molecular weight excluding hydrogens is 460 g/mol. The fourth-order valence-electron chi connectivity index (χ4n) is 4.69. The van der Waals surface area contributed by atoms with E-state index in [9.17, 15) is 14.4 Å². The molecule has 1 fully saturated rings. The van der Waals surface area contributed by atoms with Gasteiger partial charge in [0, 0.05) is 17.1 Å². The fraction of sp³-hybridized carbons (Fsp3) is 0.500. The molecule has 34 heavy (non-hydrogen) atoms. The number of carbonyl (C=O) groups is 3. The van der Waals surface area contributed by atoms with Crippen LogP contribution >= 0.6 is 11.6 Å². The first-order chi connectivity index (χ1) is 16.3. The van der Waals surface area contributed by atoms with Crippen molar-refractivity contribution >= 4 is 35.1 Å². The van der Waals surface area contributed by atoms with E-state index in [4.69, 9.17) is 21.1 Å². The lowest BCUT2D eigenvalue weighted by molar-refractivity contribution is -0.127. The van der Waals surface area contributed by atoms with E-state index >= 15 is 0 Å². The van der Waals surface area contributed by atoms with Gasteiger partial charge >= 0.3 is 5.97 Å². The molecule has 0 bridgehead atoms. The largest absolute Gasteiger partial charge is 0.495 e. The summed E-state index contributed by atoms with van der Waals surface area (Å²) in [4.78, 5) is 41.3. The van der Waals surface area contributed by atoms with Crippen molar-refractivity contribution in [2.45, 2.75) is 64.1 Å². The minimum atomic E-state index is -1.35. The second-order valence-corrected chi connectivity index (χ2v) is 9.27. The Labute approximate surface area is 203 Å². The van der Waals surface area contributed by atoms with Crippen LogP contribution in [0.3, 0.4) is 0 Å². The summed E-state index contributed by atoms with van der Waals surface area (Å²) in [6, 6.07) is 6.35. The van der Waals surface area contributed by atoms with Gasteiger partial charge in [-0.1, -0.05) is 30.9 Å². The van der Waals surface area contributed by atoms with Gasteiger partial charge in [0.25, 0.3) is 5.91 Å². The van der Waals surface area contributed by atoms with Gasteiger partial charge in [-0.05, 0) is 44.9 Å². The predicted octanol–water partition coefficient (Wildman–Crippen LogP) is 3.59. The number of benzene rings is 1. The average molecular weight is 489 g/mol. The minimum absolute atomic E-state index is 0.0140. The quantitative estimate of drug-likeness (QED) is 0.623. The standard InChI is InChI=1S/C24H29ClN4O5/c1-4-34-22(31)17-13-19-21(30)29(18-12-15(25)10-11-20(18)33-3)24(2,14-28(19)27-17)23(32)26-16-8-6-5-7-9-16/h10-13,16H,4-9,14H2,1-3H3,(H,26,32)/t24-/m0/s1. The SMILES string of the molecule is CCOC(=O)c1cc2n(n1)C[C@@](C)(C(=O)NC1CCCCC1)N(c1cc(Cl)ccc1OC)C2=O. The maximum atomic E-state index is 13.8. The van der Waals surface area contributed by atoms with Gasteiger partial charge < -0.3 is 14.8 Å². The number of rotatable bonds is 6. The van der Waals surface area contributed by atoms with Gasteiger partial charge in [0.2, 0.25) is 5.91 Å². The number of halogens is 1. The van der Waals surface area contributed by atoms with Gasteiger partial charge in [-0.25, -0.2) is 4.79 Å². The van der Waals surface area contributed by atoms with Crippen LogP contribution in [0.2, 0.25) is 5.02 Å². The number of aromatic nitrogens is 2. The normalized spacial score (nSPS) is 20.6. The van der Waals surface area contributed by atoms with Crippen LogP contribution in [0.15, 0.2) is 24.3 Å². The van der Waals surface area contributed by atoms with E-state index < -0.39 is 17.4 Å². The number of methoxy groups -OCH3 is 1. The van der Waals surface area contributed by atoms with Crippen LogP contribution in [0.5, 0.6) is 5.75 Å². The summed E-state index contributed by atoms with van der Waals surface area (Å²) in [6.07, 6.45) is 5.06. The number of hydrogen-bond donors (Lipinski definition) is 1. The second-order valence-electron chi connectivity index (χ2n) is 8.83. The summed E-state index contributed by atoms with van der Waals surface area (Å²) in [6.45, 7) is 3.61. The highest BCUT2D eigenvalue weighted by Crippen LogP contribution is 2.40. The zero-order chi connectivity index (χ0) is 24.5. The van der Waals surface area contributed by atoms with Crippen LogP contribution in [0.4, 0.5) is 5.69 Å². The predicted molar refractivity (Wildman–Crippen MR) is 126 cm³/mol. The summed E-state index contributed by atoms with van der Waals surface area (Å²) >= 11 is 6.28. The van der Waals surface area contributed by atoms with Crippen LogP contribution in [-0.2, 0) is 16.1 Å². The highest BCUT2D eigenvalue weighted by Gasteiger charge is 2.50. The number of carbonyl (C=O) groups excluding carboxylic acids is 3. The molecule has 9 nitrogen and oxygen atoms in total. The van der Waals surface area contributed by atoms with Crippen molar-refractivity contribution in [3.63, 3.8) is 0 Å². The molecule has 2 amide bonds. The van der Waals surface area contributed by atoms with Crippen molar-refractivity contribution in [3.05, 3.63) is 40.7 Å². The first kappa shape index (κ1) is 24.1. The van der Waals surface area contributed by atoms with Crippen LogP contribution in [0.1, 0.15) is 66.9 Å². The van der Waals surface area contributed by atoms with E-state index in [0.29, 0.717) is 16.5 Å². The van der Waals surface area contributed by atoms with Crippen molar-refractivity contribution < 1.29 is 23.9 Å². The number of esters is 1. The highest BCUT2D eigenvalue weighted by molar-refractivity contribution is 6.31. The van der Waals surface area contributed by atoms with Crippen LogP contribution < -0.4 is 15.0 Å². The third-order valence-corrected chi connectivity index (χ3v) is 6.68. The lowest BCUT2D eigenvalue weighted by Gasteiger charge is -2.44. The second kappa shape index (κ2) is 9.66. The molecule has 0 radical (unpaired) electrons. The third-order valence-electron chi connectivity index (χ3n) is 6.45. The summed E-state index contributed by atoms with van der Waals surface area (Å²) in [5, 5.41) is 7.83. The average Bonchev–Trinajstić information content (AvgIpc) is 3.24. The van der Waals surface area contributed by atoms with E-state index in [2.05, 4.69) is 10.4 Å². The van der Waals surface area contributed by atoms with E-state index in [-0.39, 0.29) is 36.5 Å². The van der Waals surface area contributed by atoms with E-state index in [0.717, 1.165) is 32.1 Å². The number of ether oxygens (including phenoxy) is 2. The molecule has 10 heteroatoms. The van der Waals surface area contributed by atoms with Crippen LogP contribution in [0, 0.1) is 0 Å². The number of amides is 2. The number of hydrogen-bond acceptors (Lipinski definition) is 6. The topological polar surface area (TPSA) is 103 Å². The van der Waals surface area contributed by atoms with E-state index in [1.165, 1.54) is 22.8 Å². The van der Waals surface area contributed by atoms with Gasteiger partial charge in [-0.15, -0.1) is 0 Å². The molecule has 1 aliphatic carbocycles. The zero-order valence-corrected chi connectivity index (χ0v) is 20.4. The molecule has 1 N–H and O–H groups in total. The maximum absolute atomic E-state index is 13.8. The van der Waals surface area contributed by atoms with Gasteiger partial charge in [0.05, 0.1) is 25.9 Å². The molecule has 2 aliphatic rings. The summed E-state index contributed by atoms with van der Waals surface area (Å²) in [5.74, 6) is -1.02. The van der Waals surface area contributed by atoms with Gasteiger partial charge in [0.15, 0.2) is 5.69 Å². The van der Waals surface area contributed by atoms with Crippen molar-refractivity contribution in [1.82, 2.24) is 15.1 Å². The Kier molecular flexibility index (Phi) is 6.84. The summed E-state index contributed by atoms with van der Waals surface area (Å²) < 4.78 is 12.0. The lowest BCUT2D eigenvalue weighted by Crippen LogP contribution is -2.65. The molecule has 1 aliphatic heterocycles. The first-order valence-corrected chi connectivity index (χ1v) is 11.9. The third kappa shape index (κ3) is 4.36. The molecule has 0 saturated heterocycles. The molecule has 1 aromatic carbocycles. The van der Waals surface area contributed by atoms with Gasteiger partial charge in [-0.3, -0.25) is 19.2 Å². The molecule has 4 rings (SSSR count). The molecule has 0 spiro atoms. The Balaban J connectivity index is 1.80. The zero-order valence-electron chi connectivity index (χ0n) is 19.6. The first-order valence-electron chi connectivity index (χ1n) is 11.5. The lowest BCUT2D eigenvalue weighted by atomic mass is 9.91. The molecule has 1 atom stereocenters. The molecular formula is C24H29ClN4O5. The molecule has 182 valence electrons. The monoisotopic (exact) mass is 488 g/mol. The number of anilines is 1. The van der Waals surface area contributed by atoms with Gasteiger partial charge in [0.1, 0.15) is 17.0 Å². The Morgan fingerprint density at radius 3 is 2.65 bits per heavy atom. The minimum Gasteiger partial charge on any atom is -0.495 e. The number of fused-ring (bicyclic) bond motifs is 1. The van der Waals surface area contributed by atoms with E-state index in [1.54, 1.807) is 32.0 Å². The molecule has 1 saturated carbocycles. The van der Waals surface area contributed by atoms with Crippen molar-refractivity contribution in [1.29, 1.82) is 0 Å². The molecule has 2 heterocycles. The number of nitrogens with zero attached hydrogens (tertiary/aromatic N) is 3. The van der Waals surface area contributed by atoms with Crippen molar-refractivity contribution in [3.8, 4) is 5.75 Å². The maximum Gasteiger partial charge on any atom is 0.358 e. The Hall–Kier alpha value is -3.07. The van der Waals surface area contributed by atoms with Gasteiger partial charge in [-0.2, -0.15) is 5.10 Å². The van der Waals surface area contributed by atoms with Crippen LogP contribution in [0.25, 0.3) is 0 Å². The van der Waals surface area contributed by atoms with Crippen molar-refractivity contribution in [2.24, 2.45) is 0 Å². The Bertz CT molecular complexity index is 1110. The van der Waals surface area contributed by atoms with Crippen LogP contribution in [-0.4, -0.2) is 52.9 Å². The molecule has 0 unspecified atom stereocenters. The van der Waals surface area contributed by atoms with Crippen molar-refractivity contribution in [2.75, 3.05) is 18.6 Å². The summed E-state index contributed by atoms with van der Waals surface area (Å²) in [5.41, 5.74) is -0.795. The number of nitrogens with one attached hydrogen (secondary N) is 1. The smallest absolute Gasteiger partial charge is 0.358 e. The Morgan fingerprint density at radius 1 is 1.24 bits per heavy atom. The van der Waals surface area contributed by atoms with E-state index in [1.807, 2.05) is 0 Å². The Morgan fingerprint density at radius 2 is 1.97 bits per heavy atom. The highest BCUT2D eigenvalue weighted by atomic mass is 35.5. The fourth-order valence-corrected chi connectivity index (χ4v) is 4.86.